The van der Waals surface area contributed by atoms with E-state index in [1.807, 2.05) is 6.92 Å². The summed E-state index contributed by atoms with van der Waals surface area (Å²) >= 11 is 3.33. The molecule has 2 N–H and O–H groups in total. The number of benzene rings is 1. The van der Waals surface area contributed by atoms with Gasteiger partial charge in [-0.1, -0.05) is 27.9 Å². The molecule has 1 rings (SSSR count). The molecule has 84 valence electrons. The van der Waals surface area contributed by atoms with Gasteiger partial charge in [0.15, 0.2) is 0 Å². The van der Waals surface area contributed by atoms with Crippen molar-refractivity contribution in [2.75, 3.05) is 0 Å². The summed E-state index contributed by atoms with van der Waals surface area (Å²) in [5.41, 5.74) is 1.24. The van der Waals surface area contributed by atoms with Crippen LogP contribution in [0.1, 0.15) is 22.8 Å². The fourth-order valence-corrected chi connectivity index (χ4v) is 1.66. The Kier molecular flexibility index (Phi) is 4.53. The summed E-state index contributed by atoms with van der Waals surface area (Å²) in [6, 6.07) is 4.92. The van der Waals surface area contributed by atoms with Crippen LogP contribution < -0.4 is 5.32 Å². The summed E-state index contributed by atoms with van der Waals surface area (Å²) in [6.45, 7) is 2.49. The zero-order valence-electron chi connectivity index (χ0n) is 8.83. The summed E-state index contributed by atoms with van der Waals surface area (Å²) in [6.07, 6.45) is 5.24. The second-order valence-corrected chi connectivity index (χ2v) is 4.23. The molecule has 0 amide bonds. The second kappa shape index (κ2) is 5.69. The molecule has 0 aliphatic carbocycles. The molecule has 0 spiro atoms. The summed E-state index contributed by atoms with van der Waals surface area (Å²) in [4.78, 5) is 10.7. The van der Waals surface area contributed by atoms with Crippen molar-refractivity contribution in [2.24, 2.45) is 0 Å². The van der Waals surface area contributed by atoms with Gasteiger partial charge < -0.3 is 5.11 Å². The molecule has 1 aromatic rings. The van der Waals surface area contributed by atoms with Crippen molar-refractivity contribution in [3.05, 3.63) is 33.8 Å². The Bertz CT molecular complexity index is 437. The third-order valence-electron chi connectivity index (χ3n) is 2.15. The van der Waals surface area contributed by atoms with E-state index in [2.05, 4.69) is 27.2 Å². The Hall–Kier alpha value is -1.31. The topological polar surface area (TPSA) is 49.3 Å². The lowest BCUT2D eigenvalue weighted by Gasteiger charge is -2.09. The molecular formula is C12H12BrNO2. The van der Waals surface area contributed by atoms with Crippen LogP contribution >= 0.6 is 15.9 Å². The highest BCUT2D eigenvalue weighted by molar-refractivity contribution is 9.10. The highest BCUT2D eigenvalue weighted by atomic mass is 79.9. The Morgan fingerprint density at radius 1 is 1.69 bits per heavy atom. The number of terminal acetylenes is 1. The van der Waals surface area contributed by atoms with E-state index in [4.69, 9.17) is 11.5 Å². The quantitative estimate of drug-likeness (QED) is 0.833. The minimum atomic E-state index is -0.933. The van der Waals surface area contributed by atoms with Crippen molar-refractivity contribution >= 4 is 21.9 Å². The lowest BCUT2D eigenvalue weighted by molar-refractivity contribution is 0.0697. The second-order valence-electron chi connectivity index (χ2n) is 3.38. The Balaban J connectivity index is 2.76. The van der Waals surface area contributed by atoms with Crippen molar-refractivity contribution in [2.45, 2.75) is 19.5 Å². The number of hydrogen-bond acceptors (Lipinski definition) is 2. The van der Waals surface area contributed by atoms with Crippen molar-refractivity contribution in [3.63, 3.8) is 0 Å². The molecule has 0 bridgehead atoms. The van der Waals surface area contributed by atoms with E-state index in [1.165, 1.54) is 0 Å². The zero-order valence-corrected chi connectivity index (χ0v) is 10.4. The van der Waals surface area contributed by atoms with Crippen molar-refractivity contribution < 1.29 is 9.90 Å². The summed E-state index contributed by atoms with van der Waals surface area (Å²) in [5, 5.41) is 11.9. The van der Waals surface area contributed by atoms with Gasteiger partial charge in [0.05, 0.1) is 11.6 Å². The molecule has 0 aliphatic heterocycles. The molecule has 1 aromatic carbocycles. The smallest absolute Gasteiger partial charge is 0.335 e. The van der Waals surface area contributed by atoms with Crippen LogP contribution in [0.2, 0.25) is 0 Å². The molecule has 16 heavy (non-hydrogen) atoms. The first-order chi connectivity index (χ1) is 7.54. The molecule has 0 aromatic heterocycles. The van der Waals surface area contributed by atoms with Crippen LogP contribution in [0.4, 0.5) is 0 Å². The van der Waals surface area contributed by atoms with Crippen molar-refractivity contribution in [1.29, 1.82) is 0 Å². The number of hydrogen-bond donors (Lipinski definition) is 2. The molecule has 0 radical (unpaired) electrons. The van der Waals surface area contributed by atoms with Crippen LogP contribution in [0, 0.1) is 12.3 Å². The van der Waals surface area contributed by atoms with Gasteiger partial charge in [0.25, 0.3) is 0 Å². The van der Waals surface area contributed by atoms with Crippen LogP contribution in [-0.2, 0) is 6.54 Å². The number of halogens is 1. The molecule has 0 heterocycles. The number of carbonyl (C=O) groups is 1. The highest BCUT2D eigenvalue weighted by Gasteiger charge is 2.07. The van der Waals surface area contributed by atoms with Crippen LogP contribution in [0.3, 0.4) is 0 Å². The maximum atomic E-state index is 10.7. The first kappa shape index (κ1) is 12.8. The van der Waals surface area contributed by atoms with Gasteiger partial charge in [-0.25, -0.2) is 4.79 Å². The molecule has 0 saturated heterocycles. The number of nitrogens with one attached hydrogen (secondary N) is 1. The molecule has 0 aliphatic rings. The maximum absolute atomic E-state index is 10.7. The van der Waals surface area contributed by atoms with E-state index in [-0.39, 0.29) is 11.6 Å². The number of rotatable bonds is 4. The van der Waals surface area contributed by atoms with Gasteiger partial charge in [0.2, 0.25) is 0 Å². The first-order valence-corrected chi connectivity index (χ1v) is 5.55. The monoisotopic (exact) mass is 281 g/mol. The summed E-state index contributed by atoms with van der Waals surface area (Å²) in [5.74, 6) is 1.63. The van der Waals surface area contributed by atoms with Crippen LogP contribution in [-0.4, -0.2) is 17.1 Å². The fourth-order valence-electron chi connectivity index (χ4n) is 1.15. The van der Waals surface area contributed by atoms with Gasteiger partial charge in [0, 0.05) is 11.0 Å². The predicted octanol–water partition coefficient (Wildman–Crippen LogP) is 2.26. The van der Waals surface area contributed by atoms with Gasteiger partial charge >= 0.3 is 5.97 Å². The molecular weight excluding hydrogens is 270 g/mol. The van der Waals surface area contributed by atoms with Crippen LogP contribution in [0.25, 0.3) is 0 Å². The first-order valence-electron chi connectivity index (χ1n) is 4.76. The predicted molar refractivity (Wildman–Crippen MR) is 66.2 cm³/mol. The van der Waals surface area contributed by atoms with E-state index in [9.17, 15) is 4.79 Å². The minimum absolute atomic E-state index is 0.00829. The minimum Gasteiger partial charge on any atom is -0.478 e. The van der Waals surface area contributed by atoms with Crippen LogP contribution in [0.5, 0.6) is 0 Å². The Morgan fingerprint density at radius 2 is 2.38 bits per heavy atom. The van der Waals surface area contributed by atoms with Gasteiger partial charge in [-0.05, 0) is 24.6 Å². The van der Waals surface area contributed by atoms with Gasteiger partial charge in [-0.15, -0.1) is 6.42 Å². The normalized spacial score (nSPS) is 11.8. The van der Waals surface area contributed by atoms with E-state index in [0.29, 0.717) is 6.54 Å². The van der Waals surface area contributed by atoms with E-state index in [1.54, 1.807) is 18.2 Å². The molecule has 3 nitrogen and oxygen atoms in total. The van der Waals surface area contributed by atoms with E-state index < -0.39 is 5.97 Å². The largest absolute Gasteiger partial charge is 0.478 e. The lowest BCUT2D eigenvalue weighted by atomic mass is 10.1. The number of aromatic carboxylic acids is 1. The highest BCUT2D eigenvalue weighted by Crippen LogP contribution is 2.18. The van der Waals surface area contributed by atoms with E-state index in [0.717, 1.165) is 10.0 Å². The molecule has 4 heteroatoms. The van der Waals surface area contributed by atoms with Gasteiger partial charge in [0.1, 0.15) is 0 Å². The molecule has 0 fully saturated rings. The third-order valence-corrected chi connectivity index (χ3v) is 2.89. The zero-order chi connectivity index (χ0) is 12.1. The van der Waals surface area contributed by atoms with Gasteiger partial charge in [-0.3, -0.25) is 5.32 Å². The summed E-state index contributed by atoms with van der Waals surface area (Å²) in [7, 11) is 0. The van der Waals surface area contributed by atoms with Crippen molar-refractivity contribution in [3.8, 4) is 12.3 Å². The maximum Gasteiger partial charge on any atom is 0.335 e. The lowest BCUT2D eigenvalue weighted by Crippen LogP contribution is -2.23. The average Bonchev–Trinajstić information content (AvgIpc) is 2.26. The van der Waals surface area contributed by atoms with Crippen LogP contribution in [0.15, 0.2) is 22.7 Å². The summed E-state index contributed by atoms with van der Waals surface area (Å²) < 4.78 is 0.768. The number of carboxylic acid groups (broad SMARTS) is 1. The number of carboxylic acids is 1. The van der Waals surface area contributed by atoms with E-state index >= 15 is 0 Å². The Labute approximate surface area is 103 Å². The fraction of sp³-hybridized carbons (Fsp3) is 0.250. The molecule has 1 atom stereocenters. The third kappa shape index (κ3) is 3.37. The molecule has 0 saturated carbocycles. The van der Waals surface area contributed by atoms with Gasteiger partial charge in [-0.2, -0.15) is 0 Å². The Morgan fingerprint density at radius 3 is 2.88 bits per heavy atom. The molecule has 1 unspecified atom stereocenters. The standard InChI is InChI=1S/C12H12BrNO2/c1-3-8(2)14-7-10-5-4-9(12(15)16)6-11(10)13/h1,4-6,8,14H,7H2,2H3,(H,15,16). The van der Waals surface area contributed by atoms with Crippen molar-refractivity contribution in [1.82, 2.24) is 5.32 Å². The SMILES string of the molecule is C#CC(C)NCc1ccc(C(=O)O)cc1Br. The average molecular weight is 282 g/mol.